The molecule has 0 saturated carbocycles. The zero-order valence-corrected chi connectivity index (χ0v) is 48.4. The molecule has 22 N–H and O–H groups in total. The molecular weight excluding hydrogens is 1220 g/mol. The van der Waals surface area contributed by atoms with Crippen LogP contribution in [-0.2, 0) is 80.8 Å². The fourth-order valence-electron chi connectivity index (χ4n) is 11.4. The third-order valence-corrected chi connectivity index (χ3v) is 16.1. The summed E-state index contributed by atoms with van der Waals surface area (Å²) in [6.07, 6.45) is -58.7. The first-order chi connectivity index (χ1) is 42.0. The van der Waals surface area contributed by atoms with Crippen LogP contribution in [0.25, 0.3) is 0 Å². The molecule has 7 fully saturated rings. The maximum atomic E-state index is 12.9. The molecule has 4 amide bonds. The van der Waals surface area contributed by atoms with Gasteiger partial charge in [-0.05, 0) is 6.92 Å². The quantitative estimate of drug-likeness (QED) is 0.0479. The lowest BCUT2D eigenvalue weighted by Crippen LogP contribution is -2.70. The topological polar surface area (TPSA) is 601 Å². The van der Waals surface area contributed by atoms with Gasteiger partial charge in [0.2, 0.25) is 23.6 Å². The van der Waals surface area contributed by atoms with Crippen molar-refractivity contribution in [3.63, 3.8) is 0 Å². The van der Waals surface area contributed by atoms with Gasteiger partial charge < -0.3 is 175 Å². The van der Waals surface area contributed by atoms with E-state index in [-0.39, 0.29) is 0 Å². The van der Waals surface area contributed by atoms with E-state index in [0.717, 1.165) is 27.7 Å². The maximum absolute atomic E-state index is 12.9. The van der Waals surface area contributed by atoms with E-state index in [1.165, 1.54) is 6.92 Å². The monoisotopic (exact) mass is 1300 g/mol. The Morgan fingerprint density at radius 3 is 1.17 bits per heavy atom. The van der Waals surface area contributed by atoms with Crippen LogP contribution >= 0.6 is 0 Å². The summed E-state index contributed by atoms with van der Waals surface area (Å²) in [4.78, 5) is 49.8. The van der Waals surface area contributed by atoms with E-state index in [1.54, 1.807) is 0 Å². The van der Waals surface area contributed by atoms with Crippen LogP contribution in [-0.4, -0.2) is 370 Å². The van der Waals surface area contributed by atoms with Crippen molar-refractivity contribution in [2.24, 2.45) is 0 Å². The molecule has 7 saturated heterocycles. The number of rotatable bonds is 22. The molecule has 7 aliphatic rings. The molecule has 39 nitrogen and oxygen atoms in total. The Morgan fingerprint density at radius 2 is 0.674 bits per heavy atom. The van der Waals surface area contributed by atoms with Gasteiger partial charge in [-0.15, -0.1) is 0 Å². The van der Waals surface area contributed by atoms with Crippen molar-refractivity contribution >= 4 is 23.6 Å². The molecule has 7 rings (SSSR count). The van der Waals surface area contributed by atoms with Gasteiger partial charge in [0.1, 0.15) is 165 Å². The molecule has 514 valence electrons. The molecule has 7 aliphatic heterocycles. The average molecular weight is 1300 g/mol. The Balaban J connectivity index is 1.12. The third-order valence-electron chi connectivity index (χ3n) is 16.1. The zero-order chi connectivity index (χ0) is 65.8. The molecule has 7 heterocycles. The van der Waals surface area contributed by atoms with Crippen LogP contribution in [0.15, 0.2) is 0 Å². The van der Waals surface area contributed by atoms with Gasteiger partial charge in [-0.1, -0.05) is 0 Å². The van der Waals surface area contributed by atoms with E-state index in [2.05, 4.69) is 21.3 Å². The molecule has 39 heteroatoms. The lowest BCUT2D eigenvalue weighted by molar-refractivity contribution is -0.399. The van der Waals surface area contributed by atoms with Crippen molar-refractivity contribution < 1.29 is 173 Å². The van der Waals surface area contributed by atoms with E-state index in [9.17, 15) is 111 Å². The van der Waals surface area contributed by atoms with Crippen molar-refractivity contribution in [3.8, 4) is 0 Å². The van der Waals surface area contributed by atoms with Crippen molar-refractivity contribution in [2.75, 3.05) is 39.6 Å². The number of nitrogens with one attached hydrogen (secondary N) is 4. The van der Waals surface area contributed by atoms with Gasteiger partial charge in [0.25, 0.3) is 0 Å². The summed E-state index contributed by atoms with van der Waals surface area (Å²) in [5.74, 6) is -3.23. The predicted molar refractivity (Wildman–Crippen MR) is 277 cm³/mol. The molecular formula is C50H84N4O35. The second-order valence-electron chi connectivity index (χ2n) is 22.5. The highest BCUT2D eigenvalue weighted by atomic mass is 16.8. The van der Waals surface area contributed by atoms with Crippen LogP contribution in [0, 0.1) is 0 Å². The molecule has 0 spiro atoms. The predicted octanol–water partition coefficient (Wildman–Crippen LogP) is -14.7. The van der Waals surface area contributed by atoms with Crippen molar-refractivity contribution in [2.45, 2.75) is 249 Å². The smallest absolute Gasteiger partial charge is 0.217 e. The Morgan fingerprint density at radius 1 is 0.315 bits per heavy atom. The first-order valence-electron chi connectivity index (χ1n) is 28.5. The van der Waals surface area contributed by atoms with Crippen LogP contribution < -0.4 is 21.3 Å². The second kappa shape index (κ2) is 31.7. The number of amides is 4. The van der Waals surface area contributed by atoms with Gasteiger partial charge >= 0.3 is 0 Å². The number of aliphatic hydroxyl groups is 18. The summed E-state index contributed by atoms with van der Waals surface area (Å²) in [7, 11) is 0. The minimum Gasteiger partial charge on any atom is -0.394 e. The van der Waals surface area contributed by atoms with Crippen LogP contribution in [0.1, 0.15) is 34.6 Å². The summed E-state index contributed by atoms with van der Waals surface area (Å²) in [6.45, 7) is -0.497. The Hall–Kier alpha value is -3.36. The molecule has 0 aliphatic carbocycles. The Labute approximate surface area is 505 Å². The van der Waals surface area contributed by atoms with Crippen LogP contribution in [0.5, 0.6) is 0 Å². The number of hydrogen-bond donors (Lipinski definition) is 22. The number of aliphatic hydroxyl groups excluding tert-OH is 18. The van der Waals surface area contributed by atoms with E-state index >= 15 is 0 Å². The van der Waals surface area contributed by atoms with E-state index in [4.69, 9.17) is 61.6 Å². The Bertz CT molecular complexity index is 2290. The van der Waals surface area contributed by atoms with E-state index in [1.807, 2.05) is 0 Å². The summed E-state index contributed by atoms with van der Waals surface area (Å²) in [5.41, 5.74) is 0. The van der Waals surface area contributed by atoms with Gasteiger partial charge in [-0.2, -0.15) is 0 Å². The van der Waals surface area contributed by atoms with Crippen molar-refractivity contribution in [1.82, 2.24) is 21.3 Å². The minimum absolute atomic E-state index is 0.740. The van der Waals surface area contributed by atoms with Crippen LogP contribution in [0.3, 0.4) is 0 Å². The molecule has 0 aromatic heterocycles. The molecule has 0 radical (unpaired) electrons. The highest BCUT2D eigenvalue weighted by Crippen LogP contribution is 2.38. The fraction of sp³-hybridized carbons (Fsp3) is 0.920. The van der Waals surface area contributed by atoms with Gasteiger partial charge in [-0.3, -0.25) is 19.2 Å². The van der Waals surface area contributed by atoms with Crippen molar-refractivity contribution in [3.05, 3.63) is 0 Å². The molecule has 0 unspecified atom stereocenters. The molecule has 0 aromatic rings. The van der Waals surface area contributed by atoms with Crippen molar-refractivity contribution in [1.29, 1.82) is 0 Å². The second-order valence-corrected chi connectivity index (χ2v) is 22.5. The standard InChI is InChI=1S/C50H84N4O35/c1-12-27(64)35(72)37(74)48(78-12)89-43-42(88-47-24(52-14(3)61)33(70)29(66)18(7-56)81-47)30(67)19(8-57)82-50(43)86-39-20(9-58)83-45(25(34(39)71)53-15(4)62)77-11-22-31(68)41(26(44(76)79-22)54-16(5)63)87-49-38(75)36(73)40(21(10-59)84-49)85-46-23(51-13(2)60)32(69)28(65)17(6-55)80-46/h12,17-50,55-59,64-76H,6-11H2,1-5H3,(H,51,60)(H,52,61)(H,53,62)(H,54,63)/t12-,17+,18+,19+,20+,21+,22+,23+,24+,25+,26+,27+,28+,29-,30-,31-,32+,33+,34+,35+,36+,37-,38+,39+,40-,41+,42-,43+,44-,45+,46+,47+,48-,49-,50-/m0/s1. The van der Waals surface area contributed by atoms with Gasteiger partial charge in [0.15, 0.2) is 44.0 Å². The van der Waals surface area contributed by atoms with Crippen LogP contribution in [0.4, 0.5) is 0 Å². The van der Waals surface area contributed by atoms with E-state index < -0.39 is 278 Å². The third kappa shape index (κ3) is 16.4. The largest absolute Gasteiger partial charge is 0.394 e. The average Bonchev–Trinajstić information content (AvgIpc) is 1.77. The SMILES string of the molecule is CC(=O)N[C@@H]1[C@@H](O[C@@H]2O[C@H](CO)[C@H](O[C@H]3O[C@H](CO)[C@@H](O)[C@H](O)[C@H]3NC(C)=O)[C@H](O)[C@H]2O)[C@@H](O)[C@@H](CO[C@@H]2O[C@H](CO)[C@@H](O[C@@H]3O[C@H](CO)[C@H](O)[C@H](O[C@H]4O[C@H](CO)[C@H](O)[C@H](O)[C@H]4NC(C)=O)[C@H]3O[C@@H]3O[C@@H](C)[C@@H](O)[C@@H](O)[C@@H]3O)[C@H](O)[C@H]2NC(C)=O)O[C@@H]1O. The zero-order valence-electron chi connectivity index (χ0n) is 48.4. The summed E-state index contributed by atoms with van der Waals surface area (Å²) >= 11 is 0. The lowest BCUT2D eigenvalue weighted by Gasteiger charge is -2.51. The number of carbonyl (C=O) groups excluding carboxylic acids is 4. The maximum Gasteiger partial charge on any atom is 0.217 e. The van der Waals surface area contributed by atoms with Crippen LogP contribution in [0.2, 0.25) is 0 Å². The molecule has 0 bridgehead atoms. The highest BCUT2D eigenvalue weighted by Gasteiger charge is 2.59. The first-order valence-corrected chi connectivity index (χ1v) is 28.5. The van der Waals surface area contributed by atoms with Gasteiger partial charge in [0.05, 0.1) is 45.7 Å². The Kier molecular flexibility index (Phi) is 26.0. The number of ether oxygens (including phenoxy) is 13. The molecule has 0 aromatic carbocycles. The summed E-state index contributed by atoms with van der Waals surface area (Å²) < 4.78 is 76.6. The molecule has 89 heavy (non-hydrogen) atoms. The van der Waals surface area contributed by atoms with E-state index in [0.29, 0.717) is 0 Å². The number of hydrogen-bond acceptors (Lipinski definition) is 35. The van der Waals surface area contributed by atoms with Gasteiger partial charge in [-0.25, -0.2) is 0 Å². The normalized spacial score (nSPS) is 48.0. The summed E-state index contributed by atoms with van der Waals surface area (Å²) in [5, 5.41) is 207. The first kappa shape index (κ1) is 73.1. The summed E-state index contributed by atoms with van der Waals surface area (Å²) in [6, 6.07) is -6.75. The fourth-order valence-corrected chi connectivity index (χ4v) is 11.4. The molecule has 35 atom stereocenters. The lowest BCUT2D eigenvalue weighted by atomic mass is 9.94. The van der Waals surface area contributed by atoms with Gasteiger partial charge in [0, 0.05) is 27.7 Å². The highest BCUT2D eigenvalue weighted by molar-refractivity contribution is 5.74. The minimum atomic E-state index is -2.20. The number of carbonyl (C=O) groups is 4.